The van der Waals surface area contributed by atoms with Crippen molar-refractivity contribution in [3.05, 3.63) is 88.9 Å². The predicted molar refractivity (Wildman–Crippen MR) is 131 cm³/mol. The van der Waals surface area contributed by atoms with Crippen molar-refractivity contribution in [1.82, 2.24) is 5.43 Å². The second-order valence-electron chi connectivity index (χ2n) is 7.28. The van der Waals surface area contributed by atoms with E-state index in [9.17, 15) is 26.4 Å². The number of sulfonamides is 1. The maximum absolute atomic E-state index is 13.4. The first-order chi connectivity index (χ1) is 17.0. The van der Waals surface area contributed by atoms with Gasteiger partial charge in [0.15, 0.2) is 0 Å². The van der Waals surface area contributed by atoms with Gasteiger partial charge in [-0.1, -0.05) is 29.8 Å². The summed E-state index contributed by atoms with van der Waals surface area (Å²) in [5.74, 6) is -0.221. The van der Waals surface area contributed by atoms with Gasteiger partial charge in [0.25, 0.3) is 15.9 Å². The Balaban J connectivity index is 1.87. The number of carbonyl (C=O) groups is 1. The highest BCUT2D eigenvalue weighted by Gasteiger charge is 2.35. The van der Waals surface area contributed by atoms with Crippen LogP contribution in [-0.4, -0.2) is 33.7 Å². The minimum absolute atomic E-state index is 0.209. The normalized spacial score (nSPS) is 11.9. The molecular weight excluding hydrogens is 519 g/mol. The number of halogens is 4. The van der Waals surface area contributed by atoms with Crippen LogP contribution >= 0.6 is 11.6 Å². The van der Waals surface area contributed by atoms with Crippen LogP contribution in [0.25, 0.3) is 0 Å². The average molecular weight is 540 g/mol. The van der Waals surface area contributed by atoms with Gasteiger partial charge in [0.2, 0.25) is 0 Å². The van der Waals surface area contributed by atoms with E-state index >= 15 is 0 Å². The van der Waals surface area contributed by atoms with Crippen molar-refractivity contribution in [2.24, 2.45) is 5.10 Å². The molecule has 0 unspecified atom stereocenters. The Morgan fingerprint density at radius 1 is 1.08 bits per heavy atom. The third kappa shape index (κ3) is 6.76. The predicted octanol–water partition coefficient (Wildman–Crippen LogP) is 5.10. The van der Waals surface area contributed by atoms with Crippen molar-refractivity contribution in [2.45, 2.75) is 18.0 Å². The first-order valence-corrected chi connectivity index (χ1v) is 12.3. The number of nitrogens with zero attached hydrogens (tertiary/aromatic N) is 2. The summed E-state index contributed by atoms with van der Waals surface area (Å²) in [5.41, 5.74) is 1.20. The molecule has 0 fully saturated rings. The zero-order valence-corrected chi connectivity index (χ0v) is 20.4. The number of carbonyl (C=O) groups excluding carboxylic acids is 1. The standard InChI is InChI=1S/C24H21ClF3N3O4S/c1-2-35-19-11-8-17(9-12-19)15-29-30-23(32)16-31(36(33,34)20-6-4-3-5-7-20)18-10-13-22(25)21(14-18)24(26,27)28/h3-15H,2,16H2,1H3,(H,30,32)/b29-15-. The zero-order chi connectivity index (χ0) is 26.3. The number of nitrogens with one attached hydrogen (secondary N) is 1. The van der Waals surface area contributed by atoms with Gasteiger partial charge in [0.05, 0.1) is 34.0 Å². The molecule has 0 heterocycles. The van der Waals surface area contributed by atoms with Crippen molar-refractivity contribution in [1.29, 1.82) is 0 Å². The van der Waals surface area contributed by atoms with Gasteiger partial charge in [0, 0.05) is 0 Å². The lowest BCUT2D eigenvalue weighted by Gasteiger charge is -2.24. The SMILES string of the molecule is CCOc1ccc(/C=N\NC(=O)CN(c2ccc(Cl)c(C(F)(F)F)c2)S(=O)(=O)c2ccccc2)cc1. The summed E-state index contributed by atoms with van der Waals surface area (Å²) in [6.07, 6.45) is -3.51. The van der Waals surface area contributed by atoms with Crippen molar-refractivity contribution >= 4 is 39.4 Å². The van der Waals surface area contributed by atoms with Crippen LogP contribution in [0.15, 0.2) is 82.8 Å². The van der Waals surface area contributed by atoms with Gasteiger partial charge in [0.1, 0.15) is 12.3 Å². The Morgan fingerprint density at radius 2 is 1.75 bits per heavy atom. The molecule has 0 aromatic heterocycles. The molecule has 7 nitrogen and oxygen atoms in total. The minimum atomic E-state index is -4.83. The molecule has 0 bridgehead atoms. The van der Waals surface area contributed by atoms with Crippen LogP contribution in [0, 0.1) is 0 Å². The number of hydrazone groups is 1. The largest absolute Gasteiger partial charge is 0.494 e. The van der Waals surface area contributed by atoms with E-state index in [-0.39, 0.29) is 10.6 Å². The van der Waals surface area contributed by atoms with Crippen LogP contribution in [-0.2, 0) is 21.0 Å². The number of amides is 1. The summed E-state index contributed by atoms with van der Waals surface area (Å²) < 4.78 is 72.7. The van der Waals surface area contributed by atoms with Gasteiger partial charge in [-0.15, -0.1) is 0 Å². The molecule has 0 spiro atoms. The van der Waals surface area contributed by atoms with Crippen molar-refractivity contribution in [2.75, 3.05) is 17.5 Å². The summed E-state index contributed by atoms with van der Waals surface area (Å²) in [7, 11) is -4.42. The van der Waals surface area contributed by atoms with E-state index in [1.807, 2.05) is 6.92 Å². The molecular formula is C24H21ClF3N3O4S. The second kappa shape index (κ2) is 11.4. The molecule has 3 rings (SSSR count). The highest BCUT2D eigenvalue weighted by Crippen LogP contribution is 2.38. The third-order valence-corrected chi connectivity index (χ3v) is 6.87. The maximum Gasteiger partial charge on any atom is 0.417 e. The lowest BCUT2D eigenvalue weighted by molar-refractivity contribution is -0.137. The molecule has 0 saturated heterocycles. The number of anilines is 1. The van der Waals surface area contributed by atoms with Gasteiger partial charge in [-0.05, 0) is 67.1 Å². The van der Waals surface area contributed by atoms with Gasteiger partial charge >= 0.3 is 6.18 Å². The van der Waals surface area contributed by atoms with Gasteiger partial charge in [-0.25, -0.2) is 13.8 Å². The van der Waals surface area contributed by atoms with Crippen LogP contribution in [0.2, 0.25) is 5.02 Å². The number of alkyl halides is 3. The molecule has 190 valence electrons. The fourth-order valence-electron chi connectivity index (χ4n) is 3.08. The Morgan fingerprint density at radius 3 is 2.36 bits per heavy atom. The monoisotopic (exact) mass is 539 g/mol. The number of hydrogen-bond donors (Lipinski definition) is 1. The topological polar surface area (TPSA) is 88.1 Å². The number of rotatable bonds is 9. The quantitative estimate of drug-likeness (QED) is 0.302. The van der Waals surface area contributed by atoms with E-state index in [2.05, 4.69) is 10.5 Å². The minimum Gasteiger partial charge on any atom is -0.494 e. The molecule has 0 aliphatic heterocycles. The molecule has 0 aliphatic carbocycles. The maximum atomic E-state index is 13.4. The summed E-state index contributed by atoms with van der Waals surface area (Å²) in [5, 5.41) is 3.20. The summed E-state index contributed by atoms with van der Waals surface area (Å²) >= 11 is 5.68. The Bertz CT molecular complexity index is 1330. The smallest absolute Gasteiger partial charge is 0.417 e. The molecule has 0 aliphatic rings. The highest BCUT2D eigenvalue weighted by atomic mass is 35.5. The Hall–Kier alpha value is -3.57. The van der Waals surface area contributed by atoms with Crippen LogP contribution in [0.1, 0.15) is 18.1 Å². The zero-order valence-electron chi connectivity index (χ0n) is 18.9. The van der Waals surface area contributed by atoms with Crippen LogP contribution < -0.4 is 14.5 Å². The molecule has 36 heavy (non-hydrogen) atoms. The lowest BCUT2D eigenvalue weighted by Crippen LogP contribution is -2.39. The third-order valence-electron chi connectivity index (χ3n) is 4.76. The van der Waals surface area contributed by atoms with Crippen LogP contribution in [0.4, 0.5) is 18.9 Å². The molecule has 1 amide bonds. The molecule has 1 N–H and O–H groups in total. The molecule has 12 heteroatoms. The molecule has 3 aromatic carbocycles. The van der Waals surface area contributed by atoms with E-state index in [1.165, 1.54) is 30.5 Å². The Labute approximate surface area is 211 Å². The van der Waals surface area contributed by atoms with E-state index in [0.29, 0.717) is 28.3 Å². The van der Waals surface area contributed by atoms with Crippen molar-refractivity contribution < 1.29 is 31.1 Å². The molecule has 3 aromatic rings. The first kappa shape index (κ1) is 27.0. The first-order valence-electron chi connectivity index (χ1n) is 10.5. The fourth-order valence-corrected chi connectivity index (χ4v) is 4.74. The second-order valence-corrected chi connectivity index (χ2v) is 9.55. The lowest BCUT2D eigenvalue weighted by atomic mass is 10.2. The Kier molecular flexibility index (Phi) is 8.59. The van der Waals surface area contributed by atoms with E-state index in [0.717, 1.165) is 12.1 Å². The number of hydrogen-bond acceptors (Lipinski definition) is 5. The highest BCUT2D eigenvalue weighted by molar-refractivity contribution is 7.92. The van der Waals surface area contributed by atoms with E-state index < -0.39 is 39.2 Å². The molecule has 0 atom stereocenters. The van der Waals surface area contributed by atoms with Crippen LogP contribution in [0.5, 0.6) is 5.75 Å². The van der Waals surface area contributed by atoms with E-state index in [1.54, 1.807) is 30.3 Å². The summed E-state index contributed by atoms with van der Waals surface area (Å²) in [6.45, 7) is 1.51. The van der Waals surface area contributed by atoms with Crippen molar-refractivity contribution in [3.63, 3.8) is 0 Å². The van der Waals surface area contributed by atoms with Gasteiger partial charge < -0.3 is 4.74 Å². The van der Waals surface area contributed by atoms with E-state index in [4.69, 9.17) is 16.3 Å². The van der Waals surface area contributed by atoms with Crippen LogP contribution in [0.3, 0.4) is 0 Å². The molecule has 0 saturated carbocycles. The van der Waals surface area contributed by atoms with Crippen molar-refractivity contribution in [3.8, 4) is 5.75 Å². The summed E-state index contributed by atoms with van der Waals surface area (Å²) in [6, 6.07) is 16.4. The van der Waals surface area contributed by atoms with Gasteiger partial charge in [-0.3, -0.25) is 9.10 Å². The summed E-state index contributed by atoms with van der Waals surface area (Å²) in [4.78, 5) is 12.4. The molecule has 0 radical (unpaired) electrons. The average Bonchev–Trinajstić information content (AvgIpc) is 2.84. The fraction of sp³-hybridized carbons (Fsp3) is 0.167. The van der Waals surface area contributed by atoms with Gasteiger partial charge in [-0.2, -0.15) is 18.3 Å². The number of benzene rings is 3. The number of ether oxygens (including phenoxy) is 1.